The minimum Gasteiger partial charge on any atom is -0.361 e. The molecule has 22 heavy (non-hydrogen) atoms. The maximum absolute atomic E-state index is 12.1. The summed E-state index contributed by atoms with van der Waals surface area (Å²) in [5.41, 5.74) is 0.835. The Bertz CT molecular complexity index is 926. The van der Waals surface area contributed by atoms with Gasteiger partial charge in [0.05, 0.1) is 11.1 Å². The summed E-state index contributed by atoms with van der Waals surface area (Å²) >= 11 is 0. The molecule has 118 valence electrons. The Labute approximate surface area is 126 Å². The standard InChI is InChI=1S/C14H15NO6S/c1-4-9-5-6-10(21-22(18,19)20)12-7(2)11(8(3)16)14(17)15-13(9)12/h5-6H,4H2,1-3H3,(H,15,17)(H,18,19,20). The number of ketones is 1. The van der Waals surface area contributed by atoms with E-state index >= 15 is 0 Å². The SMILES string of the molecule is CCc1ccc(OS(=O)(=O)O)c2c(C)c(C(C)=O)c(=O)[nH]c12. The lowest BCUT2D eigenvalue weighted by atomic mass is 9.98. The Morgan fingerprint density at radius 1 is 1.36 bits per heavy atom. The highest BCUT2D eigenvalue weighted by atomic mass is 32.3. The predicted octanol–water partition coefficient (Wildman–Crippen LogP) is 1.78. The molecule has 7 nitrogen and oxygen atoms in total. The van der Waals surface area contributed by atoms with E-state index in [-0.39, 0.29) is 16.7 Å². The molecule has 0 atom stereocenters. The van der Waals surface area contributed by atoms with Gasteiger partial charge in [-0.15, -0.1) is 0 Å². The van der Waals surface area contributed by atoms with Crippen LogP contribution in [0.15, 0.2) is 16.9 Å². The third-order valence-electron chi connectivity index (χ3n) is 3.40. The maximum atomic E-state index is 12.1. The van der Waals surface area contributed by atoms with Crippen molar-refractivity contribution in [2.75, 3.05) is 0 Å². The highest BCUT2D eigenvalue weighted by Gasteiger charge is 2.20. The van der Waals surface area contributed by atoms with Gasteiger partial charge in [-0.2, -0.15) is 8.42 Å². The zero-order valence-electron chi connectivity index (χ0n) is 12.3. The molecular weight excluding hydrogens is 310 g/mol. The summed E-state index contributed by atoms with van der Waals surface area (Å²) in [5.74, 6) is -0.591. The van der Waals surface area contributed by atoms with Crippen LogP contribution < -0.4 is 9.74 Å². The van der Waals surface area contributed by atoms with Gasteiger partial charge in [0.15, 0.2) is 11.5 Å². The summed E-state index contributed by atoms with van der Waals surface area (Å²) in [6.07, 6.45) is 0.581. The van der Waals surface area contributed by atoms with Crippen LogP contribution in [0.2, 0.25) is 0 Å². The molecule has 0 spiro atoms. The lowest BCUT2D eigenvalue weighted by Crippen LogP contribution is -2.19. The van der Waals surface area contributed by atoms with Gasteiger partial charge in [0.25, 0.3) is 5.56 Å². The Morgan fingerprint density at radius 3 is 2.50 bits per heavy atom. The van der Waals surface area contributed by atoms with Gasteiger partial charge in [-0.3, -0.25) is 14.1 Å². The van der Waals surface area contributed by atoms with Crippen LogP contribution in [0.4, 0.5) is 0 Å². The van der Waals surface area contributed by atoms with E-state index in [9.17, 15) is 18.0 Å². The van der Waals surface area contributed by atoms with Gasteiger partial charge in [-0.25, -0.2) is 0 Å². The van der Waals surface area contributed by atoms with Gasteiger partial charge in [0, 0.05) is 5.39 Å². The lowest BCUT2D eigenvalue weighted by Gasteiger charge is -2.13. The monoisotopic (exact) mass is 325 g/mol. The molecule has 1 heterocycles. The van der Waals surface area contributed by atoms with Crippen LogP contribution >= 0.6 is 0 Å². The van der Waals surface area contributed by atoms with Gasteiger partial charge in [0.2, 0.25) is 0 Å². The molecule has 1 aromatic carbocycles. The highest BCUT2D eigenvalue weighted by molar-refractivity contribution is 7.81. The van der Waals surface area contributed by atoms with Gasteiger partial charge in [0.1, 0.15) is 0 Å². The molecule has 0 aliphatic rings. The molecule has 0 saturated heterocycles. The topological polar surface area (TPSA) is 114 Å². The predicted molar refractivity (Wildman–Crippen MR) is 80.9 cm³/mol. The normalized spacial score (nSPS) is 11.6. The average Bonchev–Trinajstić information content (AvgIpc) is 2.36. The second-order valence-corrected chi connectivity index (χ2v) is 5.87. The molecule has 1 aromatic heterocycles. The number of Topliss-reactive ketones (excluding diaryl/α,β-unsaturated/α-hetero) is 1. The van der Waals surface area contributed by atoms with Gasteiger partial charge in [-0.05, 0) is 37.5 Å². The first-order valence-electron chi connectivity index (χ1n) is 6.52. The first kappa shape index (κ1) is 16.2. The number of aromatic nitrogens is 1. The van der Waals surface area contributed by atoms with E-state index in [1.807, 2.05) is 6.92 Å². The molecule has 0 fully saturated rings. The largest absolute Gasteiger partial charge is 0.446 e. The molecule has 0 aliphatic carbocycles. The molecular formula is C14H15NO6S. The van der Waals surface area contributed by atoms with Crippen molar-refractivity contribution in [1.29, 1.82) is 0 Å². The van der Waals surface area contributed by atoms with Crippen molar-refractivity contribution in [2.45, 2.75) is 27.2 Å². The maximum Gasteiger partial charge on any atom is 0.446 e. The number of fused-ring (bicyclic) bond motifs is 1. The summed E-state index contributed by atoms with van der Waals surface area (Å²) in [4.78, 5) is 26.3. The number of hydrogen-bond acceptors (Lipinski definition) is 5. The second-order valence-electron chi connectivity index (χ2n) is 4.85. The summed E-state index contributed by atoms with van der Waals surface area (Å²) < 4.78 is 35.4. The van der Waals surface area contributed by atoms with Crippen LogP contribution in [-0.2, 0) is 16.8 Å². The first-order chi connectivity index (χ1) is 10.2. The van der Waals surface area contributed by atoms with Gasteiger partial charge >= 0.3 is 10.4 Å². The van der Waals surface area contributed by atoms with E-state index in [2.05, 4.69) is 9.17 Å². The number of aryl methyl sites for hydroxylation is 2. The van der Waals surface area contributed by atoms with Crippen LogP contribution in [0.25, 0.3) is 10.9 Å². The van der Waals surface area contributed by atoms with E-state index in [0.29, 0.717) is 17.5 Å². The smallest absolute Gasteiger partial charge is 0.361 e. The van der Waals surface area contributed by atoms with Crippen molar-refractivity contribution < 1.29 is 21.9 Å². The van der Waals surface area contributed by atoms with Crippen molar-refractivity contribution in [3.8, 4) is 5.75 Å². The van der Waals surface area contributed by atoms with Crippen LogP contribution in [0.1, 0.15) is 35.3 Å². The zero-order valence-corrected chi connectivity index (χ0v) is 13.1. The number of carbonyl (C=O) groups is 1. The van der Waals surface area contributed by atoms with Gasteiger partial charge < -0.3 is 9.17 Å². The van der Waals surface area contributed by atoms with Crippen LogP contribution in [-0.4, -0.2) is 23.7 Å². The number of hydrogen-bond donors (Lipinski definition) is 2. The van der Waals surface area contributed by atoms with Crippen molar-refractivity contribution in [3.05, 3.63) is 39.2 Å². The zero-order chi connectivity index (χ0) is 16.7. The molecule has 2 aromatic rings. The number of nitrogens with one attached hydrogen (secondary N) is 1. The number of carbonyl (C=O) groups excluding carboxylic acids is 1. The number of aromatic amines is 1. The Morgan fingerprint density at radius 2 is 2.00 bits per heavy atom. The molecule has 0 amide bonds. The van der Waals surface area contributed by atoms with Crippen LogP contribution in [0.3, 0.4) is 0 Å². The average molecular weight is 325 g/mol. The van der Waals surface area contributed by atoms with E-state index in [4.69, 9.17) is 4.55 Å². The van der Waals surface area contributed by atoms with Crippen molar-refractivity contribution in [3.63, 3.8) is 0 Å². The van der Waals surface area contributed by atoms with Gasteiger partial charge in [-0.1, -0.05) is 13.0 Å². The van der Waals surface area contributed by atoms with E-state index in [0.717, 1.165) is 5.56 Å². The Kier molecular flexibility index (Phi) is 4.08. The third-order valence-corrected chi connectivity index (χ3v) is 3.79. The number of rotatable bonds is 4. The Hall–Kier alpha value is -2.19. The molecule has 0 bridgehead atoms. The van der Waals surface area contributed by atoms with Crippen molar-refractivity contribution in [1.82, 2.24) is 4.98 Å². The summed E-state index contributed by atoms with van der Waals surface area (Å²) in [7, 11) is -4.73. The van der Waals surface area contributed by atoms with E-state index in [1.165, 1.54) is 19.9 Å². The number of pyridine rings is 1. The van der Waals surface area contributed by atoms with E-state index in [1.54, 1.807) is 6.07 Å². The van der Waals surface area contributed by atoms with Crippen LogP contribution in [0, 0.1) is 6.92 Å². The molecule has 0 aliphatic heterocycles. The van der Waals surface area contributed by atoms with E-state index < -0.39 is 21.7 Å². The molecule has 0 saturated carbocycles. The number of benzene rings is 1. The number of H-pyrrole nitrogens is 1. The van der Waals surface area contributed by atoms with Crippen molar-refractivity contribution >= 4 is 27.1 Å². The summed E-state index contributed by atoms with van der Waals surface area (Å²) in [6.45, 7) is 4.64. The second kappa shape index (κ2) is 5.54. The first-order valence-corrected chi connectivity index (χ1v) is 7.88. The molecule has 0 radical (unpaired) electrons. The minimum atomic E-state index is -4.73. The summed E-state index contributed by atoms with van der Waals surface area (Å²) in [5, 5.41) is 0.279. The fourth-order valence-electron chi connectivity index (χ4n) is 2.51. The molecule has 2 rings (SSSR count). The molecule has 2 N–H and O–H groups in total. The van der Waals surface area contributed by atoms with Crippen molar-refractivity contribution in [2.24, 2.45) is 0 Å². The molecule has 0 unspecified atom stereocenters. The lowest BCUT2D eigenvalue weighted by molar-refractivity contribution is 0.101. The highest BCUT2D eigenvalue weighted by Crippen LogP contribution is 2.31. The quantitative estimate of drug-likeness (QED) is 0.654. The fourth-order valence-corrected chi connectivity index (χ4v) is 2.88. The Balaban J connectivity index is 2.98. The van der Waals surface area contributed by atoms with Crippen LogP contribution in [0.5, 0.6) is 5.75 Å². The summed E-state index contributed by atoms with van der Waals surface area (Å²) in [6, 6.07) is 2.97. The fraction of sp³-hybridized carbons (Fsp3) is 0.286. The third kappa shape index (κ3) is 2.88. The molecule has 8 heteroatoms. The minimum absolute atomic E-state index is 0.0686.